The smallest absolute Gasteiger partial charge is 0.161 e. The Kier molecular flexibility index (Phi) is 2.03. The summed E-state index contributed by atoms with van der Waals surface area (Å²) in [6, 6.07) is 3.72. The maximum Gasteiger partial charge on any atom is 0.161 e. The zero-order valence-electron chi connectivity index (χ0n) is 7.01. The Bertz CT molecular complexity index is 267. The van der Waals surface area contributed by atoms with E-state index >= 15 is 0 Å². The van der Waals surface area contributed by atoms with Crippen molar-refractivity contribution in [3.63, 3.8) is 0 Å². The van der Waals surface area contributed by atoms with Crippen molar-refractivity contribution in [2.24, 2.45) is 0 Å². The molecule has 0 aliphatic heterocycles. The quantitative estimate of drug-likeness (QED) is 0.667. The second kappa shape index (κ2) is 2.82. The van der Waals surface area contributed by atoms with Crippen molar-refractivity contribution in [2.45, 2.75) is 13.8 Å². The summed E-state index contributed by atoms with van der Waals surface area (Å²) >= 11 is 0. The average molecular weight is 152 g/mol. The summed E-state index contributed by atoms with van der Waals surface area (Å²) in [5, 5.41) is 9.40. The van der Waals surface area contributed by atoms with Gasteiger partial charge < -0.3 is 9.84 Å². The van der Waals surface area contributed by atoms with Gasteiger partial charge in [0.05, 0.1) is 7.11 Å². The highest BCUT2D eigenvalue weighted by Crippen LogP contribution is 2.30. The van der Waals surface area contributed by atoms with Gasteiger partial charge in [0.15, 0.2) is 11.5 Å². The molecular formula is C9H12O2. The fraction of sp³-hybridized carbons (Fsp3) is 0.333. The lowest BCUT2D eigenvalue weighted by Gasteiger charge is -2.06. The van der Waals surface area contributed by atoms with Gasteiger partial charge in [0.1, 0.15) is 0 Å². The van der Waals surface area contributed by atoms with Crippen molar-refractivity contribution < 1.29 is 9.84 Å². The molecule has 0 aliphatic carbocycles. The first-order valence-corrected chi connectivity index (χ1v) is 3.49. The first kappa shape index (κ1) is 7.92. The molecule has 0 saturated heterocycles. The Morgan fingerprint density at radius 2 is 1.91 bits per heavy atom. The van der Waals surface area contributed by atoms with E-state index in [0.29, 0.717) is 5.75 Å². The predicted molar refractivity (Wildman–Crippen MR) is 44.1 cm³/mol. The molecule has 0 spiro atoms. The van der Waals surface area contributed by atoms with E-state index in [2.05, 4.69) is 0 Å². The minimum atomic E-state index is 0.234. The van der Waals surface area contributed by atoms with Gasteiger partial charge in [0.2, 0.25) is 0 Å². The maximum absolute atomic E-state index is 9.40. The van der Waals surface area contributed by atoms with Crippen LogP contribution in [0.5, 0.6) is 11.5 Å². The van der Waals surface area contributed by atoms with Gasteiger partial charge in [-0.05, 0) is 31.0 Å². The summed E-state index contributed by atoms with van der Waals surface area (Å²) in [5.74, 6) is 0.778. The topological polar surface area (TPSA) is 29.5 Å². The maximum atomic E-state index is 9.40. The van der Waals surface area contributed by atoms with Gasteiger partial charge in [-0.2, -0.15) is 0 Å². The second-order valence-electron chi connectivity index (χ2n) is 2.63. The highest BCUT2D eigenvalue weighted by Gasteiger charge is 2.03. The van der Waals surface area contributed by atoms with Gasteiger partial charge in [-0.25, -0.2) is 0 Å². The van der Waals surface area contributed by atoms with Gasteiger partial charge in [-0.3, -0.25) is 0 Å². The fourth-order valence-corrected chi connectivity index (χ4v) is 1.08. The van der Waals surface area contributed by atoms with Crippen molar-refractivity contribution in [1.82, 2.24) is 0 Å². The molecule has 1 aromatic rings. The zero-order valence-corrected chi connectivity index (χ0v) is 7.01. The SMILES string of the molecule is COc1cc(C)cc(C)c1O. The Morgan fingerprint density at radius 1 is 1.27 bits per heavy atom. The number of hydrogen-bond acceptors (Lipinski definition) is 2. The number of ether oxygens (including phenoxy) is 1. The second-order valence-corrected chi connectivity index (χ2v) is 2.63. The zero-order chi connectivity index (χ0) is 8.43. The van der Waals surface area contributed by atoms with Crippen LogP contribution in [0.3, 0.4) is 0 Å². The first-order valence-electron chi connectivity index (χ1n) is 3.49. The summed E-state index contributed by atoms with van der Waals surface area (Å²) in [7, 11) is 1.55. The van der Waals surface area contributed by atoms with Gasteiger partial charge in [0.25, 0.3) is 0 Å². The molecule has 0 aromatic heterocycles. The van der Waals surface area contributed by atoms with Crippen molar-refractivity contribution in [3.8, 4) is 11.5 Å². The average Bonchev–Trinajstić information content (AvgIpc) is 1.96. The van der Waals surface area contributed by atoms with E-state index in [4.69, 9.17) is 4.74 Å². The summed E-state index contributed by atoms with van der Waals surface area (Å²) in [4.78, 5) is 0. The first-order chi connectivity index (χ1) is 5.15. The molecule has 0 fully saturated rings. The lowest BCUT2D eigenvalue weighted by Crippen LogP contribution is -1.86. The number of phenols is 1. The molecule has 0 unspecified atom stereocenters. The van der Waals surface area contributed by atoms with E-state index in [9.17, 15) is 5.11 Å². The van der Waals surface area contributed by atoms with Crippen LogP contribution in [-0.2, 0) is 0 Å². The molecule has 0 saturated carbocycles. The highest BCUT2D eigenvalue weighted by atomic mass is 16.5. The lowest BCUT2D eigenvalue weighted by molar-refractivity contribution is 0.371. The molecule has 60 valence electrons. The Labute approximate surface area is 66.4 Å². The van der Waals surface area contributed by atoms with Crippen molar-refractivity contribution in [1.29, 1.82) is 0 Å². The third-order valence-corrected chi connectivity index (χ3v) is 1.63. The minimum Gasteiger partial charge on any atom is -0.504 e. The largest absolute Gasteiger partial charge is 0.504 e. The lowest BCUT2D eigenvalue weighted by atomic mass is 10.1. The molecule has 0 aliphatic rings. The van der Waals surface area contributed by atoms with Crippen LogP contribution in [0.15, 0.2) is 12.1 Å². The van der Waals surface area contributed by atoms with E-state index in [-0.39, 0.29) is 5.75 Å². The molecule has 2 nitrogen and oxygen atoms in total. The van der Waals surface area contributed by atoms with Crippen molar-refractivity contribution in [2.75, 3.05) is 7.11 Å². The van der Waals surface area contributed by atoms with E-state index in [0.717, 1.165) is 11.1 Å². The number of aryl methyl sites for hydroxylation is 2. The summed E-state index contributed by atoms with van der Waals surface area (Å²) in [5.41, 5.74) is 1.94. The summed E-state index contributed by atoms with van der Waals surface area (Å²) in [6.07, 6.45) is 0. The molecule has 1 aromatic carbocycles. The van der Waals surface area contributed by atoms with Crippen LogP contribution in [-0.4, -0.2) is 12.2 Å². The standard InChI is InChI=1S/C9H12O2/c1-6-4-7(2)9(10)8(5-6)11-3/h4-5,10H,1-3H3. The van der Waals surface area contributed by atoms with Crippen LogP contribution in [0.1, 0.15) is 11.1 Å². The van der Waals surface area contributed by atoms with Crippen LogP contribution in [0, 0.1) is 13.8 Å². The molecule has 1 N–H and O–H groups in total. The normalized spacial score (nSPS) is 9.73. The van der Waals surface area contributed by atoms with Crippen LogP contribution in [0.2, 0.25) is 0 Å². The number of benzene rings is 1. The van der Waals surface area contributed by atoms with Gasteiger partial charge in [0, 0.05) is 0 Å². The van der Waals surface area contributed by atoms with E-state index < -0.39 is 0 Å². The van der Waals surface area contributed by atoms with Crippen LogP contribution < -0.4 is 4.74 Å². The predicted octanol–water partition coefficient (Wildman–Crippen LogP) is 2.02. The number of phenolic OH excluding ortho intramolecular Hbond substituents is 1. The van der Waals surface area contributed by atoms with E-state index in [1.165, 1.54) is 0 Å². The van der Waals surface area contributed by atoms with Crippen LogP contribution in [0.25, 0.3) is 0 Å². The molecule has 2 heteroatoms. The highest BCUT2D eigenvalue weighted by molar-refractivity contribution is 5.47. The number of methoxy groups -OCH3 is 1. The van der Waals surface area contributed by atoms with Gasteiger partial charge >= 0.3 is 0 Å². The summed E-state index contributed by atoms with van der Waals surface area (Å²) < 4.78 is 4.96. The Morgan fingerprint density at radius 3 is 2.45 bits per heavy atom. The Hall–Kier alpha value is -1.18. The molecule has 1 rings (SSSR count). The Balaban J connectivity index is 3.24. The van der Waals surface area contributed by atoms with E-state index in [1.807, 2.05) is 26.0 Å². The van der Waals surface area contributed by atoms with Crippen molar-refractivity contribution in [3.05, 3.63) is 23.3 Å². The number of hydrogen-bond donors (Lipinski definition) is 1. The fourth-order valence-electron chi connectivity index (χ4n) is 1.08. The van der Waals surface area contributed by atoms with Gasteiger partial charge in [-0.1, -0.05) is 6.07 Å². The molecule has 0 heterocycles. The molecule has 0 radical (unpaired) electrons. The molecule has 0 amide bonds. The minimum absolute atomic E-state index is 0.234. The molecule has 11 heavy (non-hydrogen) atoms. The van der Waals surface area contributed by atoms with E-state index in [1.54, 1.807) is 7.11 Å². The third-order valence-electron chi connectivity index (χ3n) is 1.63. The van der Waals surface area contributed by atoms with Crippen molar-refractivity contribution >= 4 is 0 Å². The van der Waals surface area contributed by atoms with Gasteiger partial charge in [-0.15, -0.1) is 0 Å². The summed E-state index contributed by atoms with van der Waals surface area (Å²) in [6.45, 7) is 3.82. The molecule has 0 bridgehead atoms. The molecule has 0 atom stereocenters. The van der Waals surface area contributed by atoms with Crippen LogP contribution >= 0.6 is 0 Å². The molecular weight excluding hydrogens is 140 g/mol. The number of aromatic hydroxyl groups is 1. The number of rotatable bonds is 1. The van der Waals surface area contributed by atoms with Crippen LogP contribution in [0.4, 0.5) is 0 Å². The monoisotopic (exact) mass is 152 g/mol. The third kappa shape index (κ3) is 1.45.